The Morgan fingerprint density at radius 2 is 2.26 bits per heavy atom. The number of rotatable bonds is 4. The lowest BCUT2D eigenvalue weighted by Gasteiger charge is -2.25. The smallest absolute Gasteiger partial charge is 0.240 e. The first-order valence-electron chi connectivity index (χ1n) is 6.10. The zero-order valence-corrected chi connectivity index (χ0v) is 10.6. The fraction of sp³-hybridized carbons (Fsp3) is 0.385. The van der Waals surface area contributed by atoms with Crippen molar-refractivity contribution in [2.24, 2.45) is 16.3 Å². The van der Waals surface area contributed by atoms with Crippen LogP contribution in [0.1, 0.15) is 19.8 Å². The van der Waals surface area contributed by atoms with E-state index >= 15 is 0 Å². The van der Waals surface area contributed by atoms with Gasteiger partial charge in [0.1, 0.15) is 11.2 Å². The third kappa shape index (κ3) is 2.25. The molecule has 0 unspecified atom stereocenters. The molecule has 3 N–H and O–H groups in total. The first-order valence-corrected chi connectivity index (χ1v) is 6.10. The molecule has 1 aliphatic rings. The summed E-state index contributed by atoms with van der Waals surface area (Å²) in [6.45, 7) is 2.19. The molecule has 1 amide bonds. The second-order valence-electron chi connectivity index (χ2n) is 4.60. The summed E-state index contributed by atoms with van der Waals surface area (Å²) in [5, 5.41) is 11.7. The Morgan fingerprint density at radius 3 is 2.74 bits per heavy atom. The van der Waals surface area contributed by atoms with Gasteiger partial charge >= 0.3 is 0 Å². The third-order valence-electron chi connectivity index (χ3n) is 3.44. The average molecular weight is 265 g/mol. The van der Waals surface area contributed by atoms with Gasteiger partial charge in [0.25, 0.3) is 0 Å². The van der Waals surface area contributed by atoms with E-state index in [4.69, 9.17) is 10.9 Å². The molecule has 0 saturated heterocycles. The van der Waals surface area contributed by atoms with Crippen LogP contribution in [-0.2, 0) is 4.79 Å². The van der Waals surface area contributed by atoms with Gasteiger partial charge in [0.05, 0.1) is 0 Å². The molecule has 6 heteroatoms. The van der Waals surface area contributed by atoms with E-state index in [0.29, 0.717) is 25.1 Å². The molecule has 0 atom stereocenters. The van der Waals surface area contributed by atoms with Crippen molar-refractivity contribution in [2.75, 3.05) is 11.4 Å². The van der Waals surface area contributed by atoms with Gasteiger partial charge < -0.3 is 15.8 Å². The molecule has 2 rings (SSSR count). The predicted molar refractivity (Wildman–Crippen MR) is 69.5 cm³/mol. The summed E-state index contributed by atoms with van der Waals surface area (Å²) in [4.78, 5) is 14.0. The van der Waals surface area contributed by atoms with Crippen molar-refractivity contribution >= 4 is 17.4 Å². The zero-order valence-electron chi connectivity index (χ0n) is 10.6. The number of hydrogen-bond donors (Lipinski definition) is 2. The fourth-order valence-corrected chi connectivity index (χ4v) is 2.15. The summed E-state index contributed by atoms with van der Waals surface area (Å²) in [7, 11) is 0. The van der Waals surface area contributed by atoms with E-state index in [1.165, 1.54) is 17.0 Å². The highest BCUT2D eigenvalue weighted by molar-refractivity contribution is 6.15. The Balaban J connectivity index is 2.31. The lowest BCUT2D eigenvalue weighted by atomic mass is 10.0. The minimum atomic E-state index is -0.920. The summed E-state index contributed by atoms with van der Waals surface area (Å²) < 4.78 is 13.2. The van der Waals surface area contributed by atoms with Gasteiger partial charge in [0.2, 0.25) is 5.91 Å². The number of carbonyl (C=O) groups excluding carboxylic acids is 1. The molecule has 19 heavy (non-hydrogen) atoms. The van der Waals surface area contributed by atoms with Crippen molar-refractivity contribution in [3.8, 4) is 0 Å². The lowest BCUT2D eigenvalue weighted by Crippen LogP contribution is -2.43. The Morgan fingerprint density at radius 1 is 1.58 bits per heavy atom. The van der Waals surface area contributed by atoms with E-state index in [1.807, 2.05) is 0 Å². The van der Waals surface area contributed by atoms with Gasteiger partial charge in [-0.1, -0.05) is 11.2 Å². The number of oxime groups is 1. The van der Waals surface area contributed by atoms with Crippen LogP contribution in [-0.4, -0.2) is 23.5 Å². The molecule has 5 nitrogen and oxygen atoms in total. The van der Waals surface area contributed by atoms with Crippen LogP contribution in [0, 0.1) is 11.2 Å². The summed E-state index contributed by atoms with van der Waals surface area (Å²) in [6.07, 6.45) is 1.10. The highest BCUT2D eigenvalue weighted by atomic mass is 19.1. The number of amides is 1. The second kappa shape index (κ2) is 4.87. The van der Waals surface area contributed by atoms with Gasteiger partial charge in [-0.3, -0.25) is 4.79 Å². The van der Waals surface area contributed by atoms with E-state index in [9.17, 15) is 9.18 Å². The third-order valence-corrected chi connectivity index (χ3v) is 3.44. The quantitative estimate of drug-likeness (QED) is 0.376. The molecule has 1 saturated carbocycles. The number of benzene rings is 1. The molecule has 0 spiro atoms. The monoisotopic (exact) mass is 265 g/mol. The second-order valence-corrected chi connectivity index (χ2v) is 4.60. The molecule has 0 bridgehead atoms. The first kappa shape index (κ1) is 13.3. The Labute approximate surface area is 110 Å². The van der Waals surface area contributed by atoms with Crippen LogP contribution < -0.4 is 10.6 Å². The van der Waals surface area contributed by atoms with Crippen LogP contribution in [0.25, 0.3) is 0 Å². The van der Waals surface area contributed by atoms with Crippen LogP contribution in [0.3, 0.4) is 0 Å². The van der Waals surface area contributed by atoms with Crippen molar-refractivity contribution in [2.45, 2.75) is 19.8 Å². The number of nitrogens with zero attached hydrogens (tertiary/aromatic N) is 2. The van der Waals surface area contributed by atoms with Crippen LogP contribution in [0.15, 0.2) is 29.4 Å². The van der Waals surface area contributed by atoms with E-state index in [-0.39, 0.29) is 11.7 Å². The maximum atomic E-state index is 13.2. The SMILES string of the molecule is CCN(C(=O)C1(/C(N)=N/O)CC1)c1cccc(F)c1. The van der Waals surface area contributed by atoms with Crippen molar-refractivity contribution in [3.05, 3.63) is 30.1 Å². The number of carbonyl (C=O) groups is 1. The minimum Gasteiger partial charge on any atom is -0.409 e. The number of anilines is 1. The van der Waals surface area contributed by atoms with Crippen molar-refractivity contribution in [1.82, 2.24) is 0 Å². The summed E-state index contributed by atoms with van der Waals surface area (Å²) in [5.41, 5.74) is 5.15. The number of amidine groups is 1. The van der Waals surface area contributed by atoms with Gasteiger partial charge in [-0.25, -0.2) is 4.39 Å². The highest BCUT2D eigenvalue weighted by Crippen LogP contribution is 2.48. The molecule has 0 radical (unpaired) electrons. The van der Waals surface area contributed by atoms with Crippen molar-refractivity contribution < 1.29 is 14.4 Å². The summed E-state index contributed by atoms with van der Waals surface area (Å²) in [6, 6.07) is 5.82. The van der Waals surface area contributed by atoms with Crippen molar-refractivity contribution in [1.29, 1.82) is 0 Å². The molecule has 1 aromatic carbocycles. The Hall–Kier alpha value is -2.11. The number of nitrogens with two attached hydrogens (primary N) is 1. The lowest BCUT2D eigenvalue weighted by molar-refractivity contribution is -0.121. The van der Waals surface area contributed by atoms with E-state index in [2.05, 4.69) is 5.16 Å². The van der Waals surface area contributed by atoms with Gasteiger partial charge in [-0.2, -0.15) is 0 Å². The van der Waals surface area contributed by atoms with Crippen LogP contribution in [0.4, 0.5) is 10.1 Å². The van der Waals surface area contributed by atoms with E-state index in [0.717, 1.165) is 0 Å². The average Bonchev–Trinajstić information content (AvgIpc) is 3.20. The first-order chi connectivity index (χ1) is 9.05. The predicted octanol–water partition coefficient (Wildman–Crippen LogP) is 1.71. The highest BCUT2D eigenvalue weighted by Gasteiger charge is 2.55. The number of halogens is 1. The van der Waals surface area contributed by atoms with Crippen LogP contribution in [0.5, 0.6) is 0 Å². The molecule has 0 aliphatic heterocycles. The van der Waals surface area contributed by atoms with Gasteiger partial charge in [0, 0.05) is 12.2 Å². The fourth-order valence-electron chi connectivity index (χ4n) is 2.15. The van der Waals surface area contributed by atoms with Gasteiger partial charge in [0.15, 0.2) is 5.84 Å². The van der Waals surface area contributed by atoms with Crippen molar-refractivity contribution in [3.63, 3.8) is 0 Å². The molecule has 0 aromatic heterocycles. The molecule has 1 aliphatic carbocycles. The maximum absolute atomic E-state index is 13.2. The maximum Gasteiger partial charge on any atom is 0.240 e. The Bertz CT molecular complexity index is 526. The molecule has 1 fully saturated rings. The summed E-state index contributed by atoms with van der Waals surface area (Å²) >= 11 is 0. The topological polar surface area (TPSA) is 78.9 Å². The van der Waals surface area contributed by atoms with E-state index < -0.39 is 11.2 Å². The normalized spacial score (nSPS) is 17.1. The molecule has 102 valence electrons. The molecule has 0 heterocycles. The number of hydrogen-bond acceptors (Lipinski definition) is 3. The van der Waals surface area contributed by atoms with Crippen LogP contribution in [0.2, 0.25) is 0 Å². The van der Waals surface area contributed by atoms with Crippen LogP contribution >= 0.6 is 0 Å². The molecular weight excluding hydrogens is 249 g/mol. The standard InChI is InChI=1S/C13H16FN3O2/c1-2-17(10-5-3-4-9(14)8-10)12(18)13(6-7-13)11(15)16-19/h3-5,8,19H,2,6-7H2,1H3,(H2,15,16). The van der Waals surface area contributed by atoms with Gasteiger partial charge in [-0.15, -0.1) is 0 Å². The zero-order chi connectivity index (χ0) is 14.0. The van der Waals surface area contributed by atoms with Gasteiger partial charge in [-0.05, 0) is 38.0 Å². The molecule has 1 aromatic rings. The molecular formula is C13H16FN3O2. The Kier molecular flexibility index (Phi) is 3.42. The minimum absolute atomic E-state index is 0.0765. The van der Waals surface area contributed by atoms with E-state index in [1.54, 1.807) is 19.1 Å². The summed E-state index contributed by atoms with van der Waals surface area (Å²) in [5.74, 6) is -0.736. The largest absolute Gasteiger partial charge is 0.409 e.